The van der Waals surface area contributed by atoms with Crippen LogP contribution in [0.4, 0.5) is 0 Å². The van der Waals surface area contributed by atoms with Gasteiger partial charge in [-0.2, -0.15) is 10.2 Å². The first-order valence-electron chi connectivity index (χ1n) is 12.4. The van der Waals surface area contributed by atoms with Gasteiger partial charge in [0.25, 0.3) is 12.4 Å². The molecule has 1 saturated heterocycles. The van der Waals surface area contributed by atoms with Crippen molar-refractivity contribution in [3.8, 4) is 34.7 Å². The highest BCUT2D eigenvalue weighted by atomic mass is 16.5. The van der Waals surface area contributed by atoms with Crippen LogP contribution in [-0.4, -0.2) is 53.2 Å². The fourth-order valence-electron chi connectivity index (χ4n) is 5.48. The summed E-state index contributed by atoms with van der Waals surface area (Å²) in [6.07, 6.45) is 2.86. The number of nitriles is 1. The molecule has 2 aliphatic rings. The molecule has 2 heterocycles. The van der Waals surface area contributed by atoms with Crippen LogP contribution >= 0.6 is 0 Å². The van der Waals surface area contributed by atoms with E-state index < -0.39 is 0 Å². The molecule has 1 aliphatic heterocycles. The van der Waals surface area contributed by atoms with Crippen molar-refractivity contribution in [2.45, 2.75) is 51.0 Å². The van der Waals surface area contributed by atoms with E-state index in [-0.39, 0.29) is 30.5 Å². The minimum atomic E-state index is -0.0903. The number of likely N-dealkylation sites (tertiary alicyclic amines) is 1. The largest absolute Gasteiger partial charge is 0.490 e. The second-order valence-electron chi connectivity index (χ2n) is 9.81. The van der Waals surface area contributed by atoms with Crippen molar-refractivity contribution in [1.82, 2.24) is 15.0 Å². The second kappa shape index (κ2) is 10.1. The van der Waals surface area contributed by atoms with Gasteiger partial charge < -0.3 is 18.9 Å². The topological polar surface area (TPSA) is 119 Å². The average molecular weight is 501 g/mol. The molecular weight excluding hydrogens is 472 g/mol. The first-order valence-corrected chi connectivity index (χ1v) is 12.4. The molecule has 9 heteroatoms. The molecule has 0 bridgehead atoms. The molecular formula is C28H28N4O5. The van der Waals surface area contributed by atoms with Crippen LogP contribution in [-0.2, 0) is 26.2 Å². The zero-order valence-electron chi connectivity index (χ0n) is 20.9. The summed E-state index contributed by atoms with van der Waals surface area (Å²) in [6.45, 7) is 5.64. The molecule has 1 fully saturated rings. The molecule has 2 aromatic carbocycles. The van der Waals surface area contributed by atoms with Gasteiger partial charge in [-0.1, -0.05) is 23.4 Å². The standard InChI is InChI=1S/C28H28N4O5/c1-18(2)36-24-7-6-19(14-20(24)15-29)27-30-26(31-37-27)22-4-3-5-23-21(22)8-10-28(23)11-12-32(16-28)25(34)9-13-35-17-33/h3-7,14,17-18H,8-13,16H2,1-2H3. The zero-order chi connectivity index (χ0) is 26.0. The highest BCUT2D eigenvalue weighted by Crippen LogP contribution is 2.48. The lowest BCUT2D eigenvalue weighted by atomic mass is 9.81. The van der Waals surface area contributed by atoms with E-state index in [1.165, 1.54) is 11.1 Å². The van der Waals surface area contributed by atoms with Crippen LogP contribution in [0.25, 0.3) is 22.8 Å². The number of aromatic nitrogens is 2. The van der Waals surface area contributed by atoms with E-state index in [1.807, 2.05) is 36.9 Å². The summed E-state index contributed by atoms with van der Waals surface area (Å²) in [4.78, 5) is 29.5. The van der Waals surface area contributed by atoms with Crippen LogP contribution in [0.3, 0.4) is 0 Å². The van der Waals surface area contributed by atoms with E-state index in [9.17, 15) is 14.9 Å². The first kappa shape index (κ1) is 24.5. The number of carbonyl (C=O) groups excluding carboxylic acids is 2. The van der Waals surface area contributed by atoms with Crippen molar-refractivity contribution < 1.29 is 23.6 Å². The van der Waals surface area contributed by atoms with Gasteiger partial charge in [0.05, 0.1) is 24.7 Å². The van der Waals surface area contributed by atoms with Crippen molar-refractivity contribution in [3.05, 3.63) is 53.1 Å². The number of hydrogen-bond donors (Lipinski definition) is 0. The van der Waals surface area contributed by atoms with Crippen LogP contribution in [0.15, 0.2) is 40.9 Å². The smallest absolute Gasteiger partial charge is 0.293 e. The summed E-state index contributed by atoms with van der Waals surface area (Å²) in [5.74, 6) is 1.37. The van der Waals surface area contributed by atoms with Gasteiger partial charge in [0.2, 0.25) is 11.7 Å². The third-order valence-electron chi connectivity index (χ3n) is 7.19. The van der Waals surface area contributed by atoms with E-state index in [2.05, 4.69) is 22.3 Å². The quantitative estimate of drug-likeness (QED) is 0.336. The number of ether oxygens (including phenoxy) is 2. The molecule has 190 valence electrons. The fourth-order valence-corrected chi connectivity index (χ4v) is 5.48. The Kier molecular flexibility index (Phi) is 6.66. The normalized spacial score (nSPS) is 18.2. The van der Waals surface area contributed by atoms with Crippen molar-refractivity contribution in [2.75, 3.05) is 19.7 Å². The molecule has 9 nitrogen and oxygen atoms in total. The molecule has 1 aromatic heterocycles. The van der Waals surface area contributed by atoms with E-state index in [1.54, 1.807) is 12.1 Å². The van der Waals surface area contributed by atoms with E-state index in [0.717, 1.165) is 24.8 Å². The summed E-state index contributed by atoms with van der Waals surface area (Å²) < 4.78 is 16.0. The predicted octanol–water partition coefficient (Wildman–Crippen LogP) is 4.04. The van der Waals surface area contributed by atoms with Crippen molar-refractivity contribution >= 4 is 12.4 Å². The van der Waals surface area contributed by atoms with Gasteiger partial charge in [-0.25, -0.2) is 0 Å². The lowest BCUT2D eigenvalue weighted by Gasteiger charge is -2.25. The maximum absolute atomic E-state index is 12.6. The van der Waals surface area contributed by atoms with Crippen LogP contribution < -0.4 is 4.74 Å². The van der Waals surface area contributed by atoms with Gasteiger partial charge in [0, 0.05) is 29.6 Å². The number of fused-ring (bicyclic) bond motifs is 2. The Morgan fingerprint density at radius 1 is 1.30 bits per heavy atom. The van der Waals surface area contributed by atoms with Crippen molar-refractivity contribution in [3.63, 3.8) is 0 Å². The molecule has 0 radical (unpaired) electrons. The molecule has 1 amide bonds. The molecule has 0 N–H and O–H groups in total. The average Bonchev–Trinajstić information content (AvgIpc) is 3.64. The molecule has 3 aromatic rings. The Bertz CT molecular complexity index is 1380. The van der Waals surface area contributed by atoms with E-state index in [4.69, 9.17) is 14.0 Å². The van der Waals surface area contributed by atoms with Crippen LogP contribution in [0.5, 0.6) is 5.75 Å². The highest BCUT2D eigenvalue weighted by molar-refractivity contribution is 5.77. The highest BCUT2D eigenvalue weighted by Gasteiger charge is 2.46. The number of hydrogen-bond acceptors (Lipinski definition) is 8. The number of carbonyl (C=O) groups is 2. The van der Waals surface area contributed by atoms with Crippen LogP contribution in [0.1, 0.15) is 49.8 Å². The van der Waals surface area contributed by atoms with Crippen molar-refractivity contribution in [1.29, 1.82) is 5.26 Å². The Morgan fingerprint density at radius 2 is 2.16 bits per heavy atom. The number of nitrogens with zero attached hydrogens (tertiary/aromatic N) is 4. The molecule has 37 heavy (non-hydrogen) atoms. The number of benzene rings is 2. The fraction of sp³-hybridized carbons (Fsp3) is 0.393. The number of amides is 1. The SMILES string of the molecule is CC(C)Oc1ccc(-c2nc(-c3cccc4c3CCC43CCN(C(=O)CCOC=O)C3)no2)cc1C#N. The van der Waals surface area contributed by atoms with Gasteiger partial charge >= 0.3 is 0 Å². The second-order valence-corrected chi connectivity index (χ2v) is 9.81. The number of rotatable bonds is 8. The lowest BCUT2D eigenvalue weighted by molar-refractivity contribution is -0.134. The summed E-state index contributed by atoms with van der Waals surface area (Å²) >= 11 is 0. The van der Waals surface area contributed by atoms with Gasteiger partial charge in [-0.15, -0.1) is 0 Å². The monoisotopic (exact) mass is 500 g/mol. The first-order chi connectivity index (χ1) is 17.9. The minimum absolute atomic E-state index is 0.00712. The van der Waals surface area contributed by atoms with Gasteiger partial charge in [-0.05, 0) is 62.4 Å². The molecule has 0 saturated carbocycles. The van der Waals surface area contributed by atoms with E-state index in [0.29, 0.717) is 48.2 Å². The van der Waals surface area contributed by atoms with Crippen LogP contribution in [0, 0.1) is 11.3 Å². The van der Waals surface area contributed by atoms with Crippen molar-refractivity contribution in [2.24, 2.45) is 0 Å². The Hall–Kier alpha value is -4.19. The summed E-state index contributed by atoms with van der Waals surface area (Å²) in [5.41, 5.74) is 4.32. The third-order valence-corrected chi connectivity index (χ3v) is 7.19. The van der Waals surface area contributed by atoms with E-state index >= 15 is 0 Å². The van der Waals surface area contributed by atoms with Crippen LogP contribution in [0.2, 0.25) is 0 Å². The maximum atomic E-state index is 12.6. The molecule has 5 rings (SSSR count). The maximum Gasteiger partial charge on any atom is 0.293 e. The summed E-state index contributed by atoms with van der Waals surface area (Å²) in [6, 6.07) is 13.6. The van der Waals surface area contributed by atoms with Gasteiger partial charge in [0.1, 0.15) is 11.8 Å². The van der Waals surface area contributed by atoms with Gasteiger partial charge in [0.15, 0.2) is 0 Å². The Labute approximate surface area is 215 Å². The minimum Gasteiger partial charge on any atom is -0.490 e. The third kappa shape index (κ3) is 4.67. The Balaban J connectivity index is 1.38. The lowest BCUT2D eigenvalue weighted by Crippen LogP contribution is -2.33. The molecule has 1 spiro atoms. The molecule has 1 atom stereocenters. The Morgan fingerprint density at radius 3 is 2.95 bits per heavy atom. The predicted molar refractivity (Wildman–Crippen MR) is 133 cm³/mol. The summed E-state index contributed by atoms with van der Waals surface area (Å²) in [5, 5.41) is 13.8. The van der Waals surface area contributed by atoms with Gasteiger partial charge in [-0.3, -0.25) is 9.59 Å². The molecule has 1 aliphatic carbocycles. The zero-order valence-corrected chi connectivity index (χ0v) is 20.9. The molecule has 1 unspecified atom stereocenters. The summed E-state index contributed by atoms with van der Waals surface area (Å²) in [7, 11) is 0.